The molecule has 0 radical (unpaired) electrons. The lowest BCUT2D eigenvalue weighted by molar-refractivity contribution is -0.144. The molecular formula is C12H14Cl2O3. The van der Waals surface area contributed by atoms with Gasteiger partial charge in [-0.15, -0.1) is 0 Å². The zero-order valence-electron chi connectivity index (χ0n) is 9.40. The molecule has 0 saturated carbocycles. The molecule has 0 aliphatic heterocycles. The van der Waals surface area contributed by atoms with Crippen LogP contribution in [0.1, 0.15) is 12.0 Å². The topological polar surface area (TPSA) is 46.5 Å². The molecule has 1 aromatic carbocycles. The van der Waals surface area contributed by atoms with Gasteiger partial charge in [-0.25, -0.2) is 4.79 Å². The number of esters is 1. The fourth-order valence-corrected chi connectivity index (χ4v) is 1.77. The third kappa shape index (κ3) is 3.87. The number of hydrogen-bond donors (Lipinski definition) is 1. The molecule has 0 aliphatic carbocycles. The van der Waals surface area contributed by atoms with Crippen LogP contribution >= 0.6 is 23.2 Å². The van der Waals surface area contributed by atoms with Crippen molar-refractivity contribution < 1.29 is 14.6 Å². The molecule has 0 heterocycles. The molecule has 3 nitrogen and oxygen atoms in total. The molecule has 0 aromatic heterocycles. The van der Waals surface area contributed by atoms with E-state index in [-0.39, 0.29) is 6.42 Å². The second-order valence-corrected chi connectivity index (χ2v) is 5.04. The highest BCUT2D eigenvalue weighted by Crippen LogP contribution is 2.29. The van der Waals surface area contributed by atoms with Crippen molar-refractivity contribution in [2.75, 3.05) is 7.11 Å². The molecular weight excluding hydrogens is 263 g/mol. The second kappa shape index (κ2) is 6.24. The van der Waals surface area contributed by atoms with Gasteiger partial charge in [0, 0.05) is 0 Å². The maximum atomic E-state index is 11.2. The van der Waals surface area contributed by atoms with Gasteiger partial charge in [0.1, 0.15) is 0 Å². The van der Waals surface area contributed by atoms with Crippen molar-refractivity contribution in [3.63, 3.8) is 0 Å². The Balaban J connectivity index is 2.55. The quantitative estimate of drug-likeness (QED) is 0.663. The fourth-order valence-electron chi connectivity index (χ4n) is 1.40. The van der Waals surface area contributed by atoms with E-state index in [1.54, 1.807) is 0 Å². The van der Waals surface area contributed by atoms with E-state index in [9.17, 15) is 9.90 Å². The number of aryl methyl sites for hydroxylation is 1. The molecule has 94 valence electrons. The lowest BCUT2D eigenvalue weighted by Crippen LogP contribution is -2.40. The third-order valence-corrected chi connectivity index (χ3v) is 3.24. The van der Waals surface area contributed by atoms with E-state index in [0.717, 1.165) is 5.56 Å². The predicted molar refractivity (Wildman–Crippen MR) is 67.2 cm³/mol. The minimum Gasteiger partial charge on any atom is -0.467 e. The summed E-state index contributed by atoms with van der Waals surface area (Å²) in [6.07, 6.45) is -0.301. The van der Waals surface area contributed by atoms with Crippen molar-refractivity contribution in [3.8, 4) is 0 Å². The van der Waals surface area contributed by atoms with Crippen LogP contribution in [-0.4, -0.2) is 28.6 Å². The third-order valence-electron chi connectivity index (χ3n) is 2.43. The second-order valence-electron chi connectivity index (χ2n) is 3.65. The van der Waals surface area contributed by atoms with Gasteiger partial charge >= 0.3 is 5.97 Å². The number of carbonyl (C=O) groups excluding carboxylic acids is 1. The molecule has 0 amide bonds. The summed E-state index contributed by atoms with van der Waals surface area (Å²) in [5.74, 6) is -0.846. The lowest BCUT2D eigenvalue weighted by Gasteiger charge is -2.22. The van der Waals surface area contributed by atoms with E-state index in [0.29, 0.717) is 6.42 Å². The van der Waals surface area contributed by atoms with E-state index >= 15 is 0 Å². The van der Waals surface area contributed by atoms with Crippen LogP contribution in [0.25, 0.3) is 0 Å². The fraction of sp³-hybridized carbons (Fsp3) is 0.417. The molecule has 0 spiro atoms. The number of benzene rings is 1. The molecule has 0 fully saturated rings. The Morgan fingerprint density at radius 1 is 1.41 bits per heavy atom. The number of aliphatic hydroxyl groups excluding tert-OH is 1. The summed E-state index contributed by atoms with van der Waals surface area (Å²) < 4.78 is 2.51. The summed E-state index contributed by atoms with van der Waals surface area (Å²) in [6.45, 7) is 0. The Labute approximate surface area is 110 Å². The van der Waals surface area contributed by atoms with Crippen LogP contribution in [0.15, 0.2) is 30.3 Å². The van der Waals surface area contributed by atoms with Crippen molar-refractivity contribution in [2.45, 2.75) is 23.3 Å². The average Bonchev–Trinajstić information content (AvgIpc) is 2.35. The number of halogens is 2. The first kappa shape index (κ1) is 14.3. The van der Waals surface area contributed by atoms with Gasteiger partial charge in [-0.3, -0.25) is 0 Å². The summed E-state index contributed by atoms with van der Waals surface area (Å²) in [5.41, 5.74) is 1.04. The van der Waals surface area contributed by atoms with Crippen LogP contribution < -0.4 is 0 Å². The SMILES string of the molecule is COC(=O)C(Cl)(Cl)[C@@H](O)CCc1ccccc1. The van der Waals surface area contributed by atoms with Crippen LogP contribution in [0.3, 0.4) is 0 Å². The van der Waals surface area contributed by atoms with Gasteiger partial charge in [-0.05, 0) is 18.4 Å². The van der Waals surface area contributed by atoms with Gasteiger partial charge in [0.05, 0.1) is 13.2 Å². The summed E-state index contributed by atoms with van der Waals surface area (Å²) in [4.78, 5) is 11.2. The minimum absolute atomic E-state index is 0.284. The highest BCUT2D eigenvalue weighted by atomic mass is 35.5. The molecule has 1 N–H and O–H groups in total. The Hall–Kier alpha value is -0.770. The maximum absolute atomic E-state index is 11.2. The van der Waals surface area contributed by atoms with Crippen molar-refractivity contribution in [1.29, 1.82) is 0 Å². The molecule has 1 rings (SSSR count). The zero-order chi connectivity index (χ0) is 12.9. The van der Waals surface area contributed by atoms with Crippen molar-refractivity contribution in [1.82, 2.24) is 0 Å². The molecule has 1 atom stereocenters. The first-order valence-electron chi connectivity index (χ1n) is 5.16. The van der Waals surface area contributed by atoms with Gasteiger partial charge < -0.3 is 9.84 Å². The molecule has 0 saturated heterocycles. The van der Waals surface area contributed by atoms with Crippen LogP contribution in [0.2, 0.25) is 0 Å². The smallest absolute Gasteiger partial charge is 0.345 e. The molecule has 1 aromatic rings. The maximum Gasteiger partial charge on any atom is 0.345 e. The monoisotopic (exact) mass is 276 g/mol. The molecule has 5 heteroatoms. The van der Waals surface area contributed by atoms with E-state index in [1.807, 2.05) is 30.3 Å². The van der Waals surface area contributed by atoms with Gasteiger partial charge in [0.15, 0.2) is 0 Å². The normalized spacial score (nSPS) is 13.2. The van der Waals surface area contributed by atoms with Crippen molar-refractivity contribution in [2.24, 2.45) is 0 Å². The molecule has 17 heavy (non-hydrogen) atoms. The summed E-state index contributed by atoms with van der Waals surface area (Å²) in [5, 5.41) is 9.78. The Bertz CT molecular complexity index is 365. The number of alkyl halides is 2. The Morgan fingerprint density at radius 3 is 2.53 bits per heavy atom. The molecule has 0 bridgehead atoms. The molecule has 0 unspecified atom stereocenters. The van der Waals surface area contributed by atoms with Crippen molar-refractivity contribution in [3.05, 3.63) is 35.9 Å². The van der Waals surface area contributed by atoms with Crippen LogP contribution in [-0.2, 0) is 16.0 Å². The summed E-state index contributed by atoms with van der Waals surface area (Å²) in [7, 11) is 1.17. The van der Waals surface area contributed by atoms with E-state index in [2.05, 4.69) is 4.74 Å². The van der Waals surface area contributed by atoms with Crippen LogP contribution in [0.5, 0.6) is 0 Å². The summed E-state index contributed by atoms with van der Waals surface area (Å²) in [6, 6.07) is 9.55. The summed E-state index contributed by atoms with van der Waals surface area (Å²) >= 11 is 11.5. The van der Waals surface area contributed by atoms with Gasteiger partial charge in [0.25, 0.3) is 0 Å². The van der Waals surface area contributed by atoms with Crippen LogP contribution in [0.4, 0.5) is 0 Å². The first-order chi connectivity index (χ1) is 7.98. The number of carbonyl (C=O) groups is 1. The highest BCUT2D eigenvalue weighted by Gasteiger charge is 2.42. The lowest BCUT2D eigenvalue weighted by atomic mass is 10.0. The van der Waals surface area contributed by atoms with E-state index in [1.165, 1.54) is 7.11 Å². The number of rotatable bonds is 5. The first-order valence-corrected chi connectivity index (χ1v) is 5.92. The Morgan fingerprint density at radius 2 is 2.00 bits per heavy atom. The van der Waals surface area contributed by atoms with Gasteiger partial charge in [-0.1, -0.05) is 53.5 Å². The van der Waals surface area contributed by atoms with E-state index in [4.69, 9.17) is 23.2 Å². The zero-order valence-corrected chi connectivity index (χ0v) is 10.9. The Kier molecular flexibility index (Phi) is 5.25. The largest absolute Gasteiger partial charge is 0.467 e. The number of methoxy groups -OCH3 is 1. The predicted octanol–water partition coefficient (Wildman–Crippen LogP) is 2.33. The molecule has 0 aliphatic rings. The van der Waals surface area contributed by atoms with Gasteiger partial charge in [0.2, 0.25) is 4.33 Å². The van der Waals surface area contributed by atoms with Crippen molar-refractivity contribution >= 4 is 29.2 Å². The van der Waals surface area contributed by atoms with Gasteiger partial charge in [-0.2, -0.15) is 0 Å². The number of ether oxygens (including phenoxy) is 1. The number of hydrogen-bond acceptors (Lipinski definition) is 3. The highest BCUT2D eigenvalue weighted by molar-refractivity contribution is 6.58. The van der Waals surface area contributed by atoms with Crippen LogP contribution in [0, 0.1) is 0 Å². The standard InChI is InChI=1S/C12H14Cl2O3/c1-17-11(16)12(13,14)10(15)8-7-9-5-3-2-4-6-9/h2-6,10,15H,7-8H2,1H3/t10-/m0/s1. The van der Waals surface area contributed by atoms with E-state index < -0.39 is 16.4 Å². The average molecular weight is 277 g/mol. The minimum atomic E-state index is -1.91. The number of aliphatic hydroxyl groups is 1.